The van der Waals surface area contributed by atoms with Crippen LogP contribution in [0.5, 0.6) is 0 Å². The highest BCUT2D eigenvalue weighted by Gasteiger charge is 2.15. The standard InChI is InChI=1S/C9H12NO2/c1-7-4-5-8(9(11)12-3)10(2)6-7/h4-6H,1-3H3/q+1. The lowest BCUT2D eigenvalue weighted by atomic mass is 10.2. The smallest absolute Gasteiger partial charge is 0.403 e. The monoisotopic (exact) mass is 166 g/mol. The average Bonchev–Trinajstić information content (AvgIpc) is 2.03. The topological polar surface area (TPSA) is 30.2 Å². The summed E-state index contributed by atoms with van der Waals surface area (Å²) in [5.41, 5.74) is 1.67. The Bertz CT molecular complexity index is 307. The average molecular weight is 166 g/mol. The van der Waals surface area contributed by atoms with Gasteiger partial charge < -0.3 is 4.74 Å². The Kier molecular flexibility index (Phi) is 2.43. The van der Waals surface area contributed by atoms with Crippen LogP contribution in [0.4, 0.5) is 0 Å². The van der Waals surface area contributed by atoms with Gasteiger partial charge in [0, 0.05) is 11.6 Å². The first-order chi connectivity index (χ1) is 5.65. The van der Waals surface area contributed by atoms with Crippen molar-refractivity contribution in [1.82, 2.24) is 0 Å². The zero-order valence-electron chi connectivity index (χ0n) is 7.50. The maximum absolute atomic E-state index is 11.1. The van der Waals surface area contributed by atoms with Gasteiger partial charge in [0.05, 0.1) is 7.11 Å². The number of carbonyl (C=O) groups is 1. The van der Waals surface area contributed by atoms with Crippen molar-refractivity contribution >= 4 is 5.97 Å². The molecule has 3 nitrogen and oxygen atoms in total. The molecule has 0 bridgehead atoms. The fraction of sp³-hybridized carbons (Fsp3) is 0.333. The van der Waals surface area contributed by atoms with E-state index in [0.29, 0.717) is 5.69 Å². The Hall–Kier alpha value is -1.38. The summed E-state index contributed by atoms with van der Waals surface area (Å²) in [6, 6.07) is 3.63. The maximum atomic E-state index is 11.1. The van der Waals surface area contributed by atoms with Gasteiger partial charge in [-0.25, -0.2) is 4.79 Å². The first-order valence-electron chi connectivity index (χ1n) is 3.69. The van der Waals surface area contributed by atoms with Crippen LogP contribution in [0.15, 0.2) is 18.3 Å². The van der Waals surface area contributed by atoms with Crippen LogP contribution in [0.2, 0.25) is 0 Å². The van der Waals surface area contributed by atoms with E-state index in [9.17, 15) is 4.79 Å². The van der Waals surface area contributed by atoms with Crippen LogP contribution in [-0.4, -0.2) is 13.1 Å². The minimum Gasteiger partial charge on any atom is -0.461 e. The Balaban J connectivity index is 3.09. The SMILES string of the molecule is COC(=O)c1ccc(C)c[n+]1C. The Labute approximate surface area is 71.6 Å². The number of hydrogen-bond acceptors (Lipinski definition) is 2. The van der Waals surface area contributed by atoms with Gasteiger partial charge in [-0.15, -0.1) is 0 Å². The largest absolute Gasteiger partial charge is 0.461 e. The van der Waals surface area contributed by atoms with Crippen LogP contribution in [0.1, 0.15) is 16.1 Å². The molecular formula is C9H12NO2+. The summed E-state index contributed by atoms with van der Waals surface area (Å²) in [5, 5.41) is 0. The highest BCUT2D eigenvalue weighted by atomic mass is 16.5. The molecule has 0 aliphatic heterocycles. The summed E-state index contributed by atoms with van der Waals surface area (Å²) in [6.07, 6.45) is 1.88. The molecule has 1 aromatic rings. The first-order valence-corrected chi connectivity index (χ1v) is 3.69. The number of aryl methyl sites for hydroxylation is 2. The van der Waals surface area contributed by atoms with Crippen molar-refractivity contribution in [3.63, 3.8) is 0 Å². The first kappa shape index (κ1) is 8.71. The number of carbonyl (C=O) groups excluding carboxylic acids is 1. The number of aromatic nitrogens is 1. The summed E-state index contributed by atoms with van der Waals surface area (Å²) < 4.78 is 6.35. The second kappa shape index (κ2) is 3.34. The molecule has 0 atom stereocenters. The molecule has 0 N–H and O–H groups in total. The molecular weight excluding hydrogens is 154 g/mol. The van der Waals surface area contributed by atoms with Gasteiger partial charge in [-0.3, -0.25) is 0 Å². The minimum atomic E-state index is -0.308. The number of pyridine rings is 1. The normalized spacial score (nSPS) is 9.58. The van der Waals surface area contributed by atoms with Gasteiger partial charge in [0.15, 0.2) is 6.20 Å². The highest BCUT2D eigenvalue weighted by molar-refractivity contribution is 5.85. The molecule has 0 fully saturated rings. The predicted octanol–water partition coefficient (Wildman–Crippen LogP) is 0.606. The van der Waals surface area contributed by atoms with E-state index in [-0.39, 0.29) is 5.97 Å². The summed E-state index contributed by atoms with van der Waals surface area (Å²) in [5.74, 6) is -0.308. The van der Waals surface area contributed by atoms with E-state index in [2.05, 4.69) is 4.74 Å². The summed E-state index contributed by atoms with van der Waals surface area (Å²) in [4.78, 5) is 11.1. The number of ether oxygens (including phenoxy) is 1. The fourth-order valence-corrected chi connectivity index (χ4v) is 1.06. The van der Waals surface area contributed by atoms with E-state index in [1.807, 2.05) is 26.2 Å². The third-order valence-corrected chi connectivity index (χ3v) is 1.68. The number of methoxy groups -OCH3 is 1. The van der Waals surface area contributed by atoms with Crippen LogP contribution in [0.25, 0.3) is 0 Å². The molecule has 0 saturated carbocycles. The molecule has 64 valence electrons. The minimum absolute atomic E-state index is 0.308. The van der Waals surface area contributed by atoms with Gasteiger partial charge in [0.2, 0.25) is 0 Å². The Morgan fingerprint density at radius 3 is 2.67 bits per heavy atom. The van der Waals surface area contributed by atoms with Crippen LogP contribution in [0, 0.1) is 6.92 Å². The van der Waals surface area contributed by atoms with Crippen LogP contribution >= 0.6 is 0 Å². The number of nitrogens with zero attached hydrogens (tertiary/aromatic N) is 1. The molecule has 0 amide bonds. The molecule has 3 heteroatoms. The van der Waals surface area contributed by atoms with E-state index >= 15 is 0 Å². The third-order valence-electron chi connectivity index (χ3n) is 1.68. The van der Waals surface area contributed by atoms with E-state index in [1.54, 1.807) is 10.6 Å². The lowest BCUT2D eigenvalue weighted by Gasteiger charge is -1.97. The molecule has 0 aliphatic carbocycles. The van der Waals surface area contributed by atoms with Crippen molar-refractivity contribution < 1.29 is 14.1 Å². The van der Waals surface area contributed by atoms with E-state index < -0.39 is 0 Å². The number of esters is 1. The second-order valence-electron chi connectivity index (χ2n) is 2.69. The number of rotatable bonds is 1. The van der Waals surface area contributed by atoms with Crippen molar-refractivity contribution in [3.8, 4) is 0 Å². The maximum Gasteiger partial charge on any atom is 0.403 e. The van der Waals surface area contributed by atoms with Crippen molar-refractivity contribution in [3.05, 3.63) is 29.6 Å². The van der Waals surface area contributed by atoms with Crippen molar-refractivity contribution in [2.24, 2.45) is 7.05 Å². The van der Waals surface area contributed by atoms with Crippen LogP contribution < -0.4 is 4.57 Å². The van der Waals surface area contributed by atoms with E-state index in [0.717, 1.165) is 5.56 Å². The zero-order chi connectivity index (χ0) is 9.14. The second-order valence-corrected chi connectivity index (χ2v) is 2.69. The van der Waals surface area contributed by atoms with Gasteiger partial charge in [-0.1, -0.05) is 0 Å². The van der Waals surface area contributed by atoms with Gasteiger partial charge in [-0.2, -0.15) is 4.57 Å². The van der Waals surface area contributed by atoms with E-state index in [1.165, 1.54) is 7.11 Å². The van der Waals surface area contributed by atoms with Crippen molar-refractivity contribution in [1.29, 1.82) is 0 Å². The quantitative estimate of drug-likeness (QED) is 0.452. The summed E-state index contributed by atoms with van der Waals surface area (Å²) in [6.45, 7) is 1.97. The van der Waals surface area contributed by atoms with Gasteiger partial charge >= 0.3 is 5.97 Å². The fourth-order valence-electron chi connectivity index (χ4n) is 1.06. The summed E-state index contributed by atoms with van der Waals surface area (Å²) >= 11 is 0. The third kappa shape index (κ3) is 1.61. The Morgan fingerprint density at radius 1 is 1.50 bits per heavy atom. The lowest BCUT2D eigenvalue weighted by Crippen LogP contribution is -2.36. The molecule has 1 heterocycles. The van der Waals surface area contributed by atoms with Crippen molar-refractivity contribution in [2.45, 2.75) is 6.92 Å². The lowest BCUT2D eigenvalue weighted by molar-refractivity contribution is -0.674. The number of hydrogen-bond donors (Lipinski definition) is 0. The van der Waals surface area contributed by atoms with Gasteiger partial charge in [-0.05, 0) is 13.0 Å². The molecule has 0 aromatic carbocycles. The Morgan fingerprint density at radius 2 is 2.17 bits per heavy atom. The van der Waals surface area contributed by atoms with E-state index in [4.69, 9.17) is 0 Å². The molecule has 0 unspecified atom stereocenters. The predicted molar refractivity (Wildman–Crippen MR) is 43.7 cm³/mol. The highest BCUT2D eigenvalue weighted by Crippen LogP contribution is 1.97. The van der Waals surface area contributed by atoms with Crippen LogP contribution in [-0.2, 0) is 11.8 Å². The van der Waals surface area contributed by atoms with Gasteiger partial charge in [0.25, 0.3) is 5.69 Å². The summed E-state index contributed by atoms with van der Waals surface area (Å²) in [7, 11) is 3.20. The molecule has 0 aliphatic rings. The molecule has 0 radical (unpaired) electrons. The molecule has 0 saturated heterocycles. The molecule has 1 rings (SSSR count). The van der Waals surface area contributed by atoms with Crippen LogP contribution in [0.3, 0.4) is 0 Å². The molecule has 12 heavy (non-hydrogen) atoms. The molecule has 1 aromatic heterocycles. The zero-order valence-corrected chi connectivity index (χ0v) is 7.50. The van der Waals surface area contributed by atoms with Gasteiger partial charge in [0.1, 0.15) is 7.05 Å². The molecule has 0 spiro atoms. The van der Waals surface area contributed by atoms with Crippen molar-refractivity contribution in [2.75, 3.05) is 7.11 Å².